The maximum absolute atomic E-state index is 12.9. The van der Waals surface area contributed by atoms with Gasteiger partial charge in [-0.1, -0.05) is 30.3 Å². The predicted octanol–water partition coefficient (Wildman–Crippen LogP) is 2.79. The van der Waals surface area contributed by atoms with Crippen molar-refractivity contribution in [3.63, 3.8) is 0 Å². The first-order valence-corrected chi connectivity index (χ1v) is 9.19. The highest BCUT2D eigenvalue weighted by Crippen LogP contribution is 2.22. The van der Waals surface area contributed by atoms with Crippen molar-refractivity contribution in [2.75, 3.05) is 18.1 Å². The minimum Gasteiger partial charge on any atom is -0.325 e. The second-order valence-corrected chi connectivity index (χ2v) is 7.39. The number of carbonyl (C=O) groups is 1. The first-order valence-electron chi connectivity index (χ1n) is 7.34. The summed E-state index contributed by atoms with van der Waals surface area (Å²) in [4.78, 5) is 12.2. The van der Waals surface area contributed by atoms with Crippen LogP contribution in [0.1, 0.15) is 18.5 Å². The summed E-state index contributed by atoms with van der Waals surface area (Å²) >= 11 is 0. The van der Waals surface area contributed by atoms with E-state index in [4.69, 9.17) is 0 Å². The van der Waals surface area contributed by atoms with E-state index in [0.29, 0.717) is 5.69 Å². The van der Waals surface area contributed by atoms with Crippen LogP contribution in [0.4, 0.5) is 10.1 Å². The van der Waals surface area contributed by atoms with Gasteiger partial charge in [0.25, 0.3) is 0 Å². The summed E-state index contributed by atoms with van der Waals surface area (Å²) in [6.45, 7) is 1.40. The highest BCUT2D eigenvalue weighted by Gasteiger charge is 2.26. The summed E-state index contributed by atoms with van der Waals surface area (Å²) in [5.74, 6) is -0.904. The van der Waals surface area contributed by atoms with E-state index in [1.165, 1.54) is 24.3 Å². The van der Waals surface area contributed by atoms with E-state index in [9.17, 15) is 17.6 Å². The summed E-state index contributed by atoms with van der Waals surface area (Å²) in [5.41, 5.74) is 1.19. The van der Waals surface area contributed by atoms with Gasteiger partial charge in [-0.15, -0.1) is 0 Å². The average Bonchev–Trinajstić information content (AvgIpc) is 2.54. The maximum Gasteiger partial charge on any atom is 0.239 e. The van der Waals surface area contributed by atoms with Crippen LogP contribution in [0, 0.1) is 5.82 Å². The molecule has 5 nitrogen and oxygen atoms in total. The van der Waals surface area contributed by atoms with Gasteiger partial charge in [0.2, 0.25) is 15.9 Å². The fourth-order valence-corrected chi connectivity index (χ4v) is 3.36. The fraction of sp³-hybridized carbons (Fsp3) is 0.235. The van der Waals surface area contributed by atoms with E-state index in [2.05, 4.69) is 5.32 Å². The van der Waals surface area contributed by atoms with Crippen LogP contribution < -0.4 is 5.32 Å². The van der Waals surface area contributed by atoms with Crippen LogP contribution >= 0.6 is 0 Å². The molecule has 0 fully saturated rings. The zero-order chi connectivity index (χ0) is 17.7. The molecular formula is C17H19FN2O3S. The van der Waals surface area contributed by atoms with Gasteiger partial charge in [0.15, 0.2) is 0 Å². The topological polar surface area (TPSA) is 66.5 Å². The predicted molar refractivity (Wildman–Crippen MR) is 91.4 cm³/mol. The molecule has 1 atom stereocenters. The maximum atomic E-state index is 12.9. The molecule has 0 saturated carbocycles. The third kappa shape index (κ3) is 4.87. The number of hydrogen-bond acceptors (Lipinski definition) is 3. The van der Waals surface area contributed by atoms with Crippen molar-refractivity contribution >= 4 is 21.6 Å². The standard InChI is InChI=1S/C17H19FN2O3S/c1-13(14-6-4-3-5-7-14)20(24(2,22)23)12-17(21)19-16-10-8-15(18)9-11-16/h3-11,13H,12H2,1-2H3,(H,19,21). The van der Waals surface area contributed by atoms with Gasteiger partial charge in [0.1, 0.15) is 5.82 Å². The van der Waals surface area contributed by atoms with Gasteiger partial charge in [-0.2, -0.15) is 4.31 Å². The lowest BCUT2D eigenvalue weighted by Gasteiger charge is -2.26. The number of nitrogens with one attached hydrogen (secondary N) is 1. The van der Waals surface area contributed by atoms with Gasteiger partial charge in [-0.3, -0.25) is 4.79 Å². The number of benzene rings is 2. The summed E-state index contributed by atoms with van der Waals surface area (Å²) in [7, 11) is -3.59. The van der Waals surface area contributed by atoms with Crippen LogP contribution in [0.2, 0.25) is 0 Å². The molecule has 24 heavy (non-hydrogen) atoms. The molecule has 2 aromatic carbocycles. The SMILES string of the molecule is CC(c1ccccc1)N(CC(=O)Nc1ccc(F)cc1)S(C)(=O)=O. The van der Waals surface area contributed by atoms with Crippen LogP contribution in [-0.4, -0.2) is 31.4 Å². The first-order chi connectivity index (χ1) is 11.3. The van der Waals surface area contributed by atoms with Gasteiger partial charge in [-0.25, -0.2) is 12.8 Å². The molecule has 0 aromatic heterocycles. The molecule has 2 rings (SSSR count). The molecule has 1 N–H and O–H groups in total. The molecule has 128 valence electrons. The molecule has 0 aliphatic rings. The van der Waals surface area contributed by atoms with E-state index in [1.54, 1.807) is 19.1 Å². The molecule has 0 spiro atoms. The summed E-state index contributed by atoms with van der Waals surface area (Å²) in [5, 5.41) is 2.57. The third-order valence-electron chi connectivity index (χ3n) is 3.57. The number of hydrogen-bond donors (Lipinski definition) is 1. The molecule has 7 heteroatoms. The molecule has 0 radical (unpaired) electrons. The number of sulfonamides is 1. The number of amides is 1. The van der Waals surface area contributed by atoms with Crippen LogP contribution in [0.5, 0.6) is 0 Å². The minimum atomic E-state index is -3.59. The second kappa shape index (κ2) is 7.55. The van der Waals surface area contributed by atoms with E-state index >= 15 is 0 Å². The van der Waals surface area contributed by atoms with Crippen molar-refractivity contribution in [3.05, 3.63) is 66.0 Å². The number of halogens is 1. The molecule has 2 aromatic rings. The lowest BCUT2D eigenvalue weighted by molar-refractivity contribution is -0.116. The Morgan fingerprint density at radius 1 is 1.12 bits per heavy atom. The Hall–Kier alpha value is -2.25. The fourth-order valence-electron chi connectivity index (χ4n) is 2.31. The van der Waals surface area contributed by atoms with Gasteiger partial charge in [0.05, 0.1) is 12.8 Å². The average molecular weight is 350 g/mol. The molecule has 0 bridgehead atoms. The molecule has 1 unspecified atom stereocenters. The number of nitrogens with zero attached hydrogens (tertiary/aromatic N) is 1. The number of rotatable bonds is 6. The molecule has 0 saturated heterocycles. The van der Waals surface area contributed by atoms with Crippen LogP contribution in [0.3, 0.4) is 0 Å². The van der Waals surface area contributed by atoms with Gasteiger partial charge in [0, 0.05) is 11.7 Å². The lowest BCUT2D eigenvalue weighted by Crippen LogP contribution is -2.39. The zero-order valence-electron chi connectivity index (χ0n) is 13.4. The highest BCUT2D eigenvalue weighted by molar-refractivity contribution is 7.88. The van der Waals surface area contributed by atoms with Crippen molar-refractivity contribution in [1.29, 1.82) is 0 Å². The normalized spacial score (nSPS) is 12.8. The molecule has 0 heterocycles. The van der Waals surface area contributed by atoms with Gasteiger partial charge < -0.3 is 5.32 Å². The lowest BCUT2D eigenvalue weighted by atomic mass is 10.1. The van der Waals surface area contributed by atoms with Gasteiger partial charge in [-0.05, 0) is 36.8 Å². The van der Waals surface area contributed by atoms with Crippen LogP contribution in [0.25, 0.3) is 0 Å². The Morgan fingerprint density at radius 2 is 1.71 bits per heavy atom. The third-order valence-corrected chi connectivity index (χ3v) is 4.86. The molecule has 0 aliphatic carbocycles. The number of anilines is 1. The molecule has 0 aliphatic heterocycles. The molecule has 1 amide bonds. The zero-order valence-corrected chi connectivity index (χ0v) is 14.3. The second-order valence-electron chi connectivity index (χ2n) is 5.45. The Balaban J connectivity index is 2.14. The van der Waals surface area contributed by atoms with Crippen molar-refractivity contribution in [1.82, 2.24) is 4.31 Å². The van der Waals surface area contributed by atoms with Crippen molar-refractivity contribution in [2.45, 2.75) is 13.0 Å². The first kappa shape index (κ1) is 18.1. The van der Waals surface area contributed by atoms with Gasteiger partial charge >= 0.3 is 0 Å². The van der Waals surface area contributed by atoms with Crippen molar-refractivity contribution in [2.24, 2.45) is 0 Å². The smallest absolute Gasteiger partial charge is 0.239 e. The Kier molecular flexibility index (Phi) is 5.69. The largest absolute Gasteiger partial charge is 0.325 e. The summed E-state index contributed by atoms with van der Waals surface area (Å²) in [6.07, 6.45) is 1.07. The summed E-state index contributed by atoms with van der Waals surface area (Å²) in [6, 6.07) is 13.9. The van der Waals surface area contributed by atoms with E-state index in [0.717, 1.165) is 16.1 Å². The van der Waals surface area contributed by atoms with Crippen molar-refractivity contribution < 1.29 is 17.6 Å². The minimum absolute atomic E-state index is 0.327. The summed E-state index contributed by atoms with van der Waals surface area (Å²) < 4.78 is 38.2. The van der Waals surface area contributed by atoms with E-state index < -0.39 is 27.8 Å². The van der Waals surface area contributed by atoms with E-state index in [1.807, 2.05) is 18.2 Å². The highest BCUT2D eigenvalue weighted by atomic mass is 32.2. The Labute approximate surface area is 141 Å². The van der Waals surface area contributed by atoms with Crippen LogP contribution in [0.15, 0.2) is 54.6 Å². The monoisotopic (exact) mass is 350 g/mol. The van der Waals surface area contributed by atoms with E-state index in [-0.39, 0.29) is 6.54 Å². The van der Waals surface area contributed by atoms with Crippen LogP contribution in [-0.2, 0) is 14.8 Å². The molecular weight excluding hydrogens is 331 g/mol. The quantitative estimate of drug-likeness (QED) is 0.871. The Morgan fingerprint density at radius 3 is 2.25 bits per heavy atom. The van der Waals surface area contributed by atoms with Crippen molar-refractivity contribution in [3.8, 4) is 0 Å². The number of carbonyl (C=O) groups excluding carboxylic acids is 1. The Bertz CT molecular complexity index is 792.